The molecule has 0 fully saturated rings. The summed E-state index contributed by atoms with van der Waals surface area (Å²) in [6, 6.07) is 12.5. The normalized spacial score (nSPS) is 12.3. The van der Waals surface area contributed by atoms with Crippen LogP contribution in [0.15, 0.2) is 40.9 Å². The van der Waals surface area contributed by atoms with E-state index in [0.29, 0.717) is 0 Å². The van der Waals surface area contributed by atoms with Gasteiger partial charge < -0.3 is 15.0 Å². The topological polar surface area (TPSA) is 37.4 Å². The number of methoxy groups -OCH3 is 1. The number of rotatable bonds is 6. The molecule has 1 aromatic carbocycles. The fraction of sp³-hybridized carbons (Fsp3) is 0.353. The average molecular weight is 364 g/mol. The number of halogens is 1. The molecule has 1 aromatic heterocycles. The number of hydrogen-bond donors (Lipinski definition) is 1. The summed E-state index contributed by atoms with van der Waals surface area (Å²) in [6.45, 7) is 2.77. The minimum absolute atomic E-state index is 0.261. The van der Waals surface area contributed by atoms with Crippen LogP contribution in [0.5, 0.6) is 5.75 Å². The van der Waals surface area contributed by atoms with Gasteiger partial charge in [-0.3, -0.25) is 0 Å². The molecule has 4 nitrogen and oxygen atoms in total. The molecule has 0 aliphatic carbocycles. The zero-order valence-corrected chi connectivity index (χ0v) is 15.0. The second-order valence-electron chi connectivity index (χ2n) is 5.40. The van der Waals surface area contributed by atoms with Crippen LogP contribution < -0.4 is 10.1 Å². The van der Waals surface area contributed by atoms with Crippen molar-refractivity contribution in [1.29, 1.82) is 0 Å². The first-order valence-electron chi connectivity index (χ1n) is 7.18. The number of benzene rings is 1. The minimum atomic E-state index is 0.261. The van der Waals surface area contributed by atoms with Crippen molar-refractivity contribution in [3.63, 3.8) is 0 Å². The molecular formula is C17H22BrN3O. The van der Waals surface area contributed by atoms with Gasteiger partial charge in [-0.2, -0.15) is 0 Å². The fourth-order valence-corrected chi connectivity index (χ4v) is 2.49. The molecule has 0 bridgehead atoms. The van der Waals surface area contributed by atoms with Crippen LogP contribution in [-0.2, 0) is 0 Å². The van der Waals surface area contributed by atoms with E-state index in [0.717, 1.165) is 28.3 Å². The van der Waals surface area contributed by atoms with Gasteiger partial charge in [0.1, 0.15) is 11.6 Å². The van der Waals surface area contributed by atoms with Gasteiger partial charge in [0.25, 0.3) is 0 Å². The molecule has 2 aromatic rings. The van der Waals surface area contributed by atoms with Gasteiger partial charge in [0.05, 0.1) is 18.8 Å². The molecule has 0 aliphatic heterocycles. The molecule has 1 N–H and O–H groups in total. The highest BCUT2D eigenvalue weighted by Crippen LogP contribution is 2.22. The molecule has 5 heteroatoms. The lowest BCUT2D eigenvalue weighted by molar-refractivity contribution is 0.311. The van der Waals surface area contributed by atoms with E-state index in [4.69, 9.17) is 4.74 Å². The zero-order chi connectivity index (χ0) is 16.1. The van der Waals surface area contributed by atoms with E-state index in [-0.39, 0.29) is 6.04 Å². The van der Waals surface area contributed by atoms with Crippen LogP contribution in [0.2, 0.25) is 0 Å². The lowest BCUT2D eigenvalue weighted by Gasteiger charge is -2.25. The number of nitrogens with zero attached hydrogens (tertiary/aromatic N) is 2. The molecule has 0 saturated heterocycles. The molecule has 0 amide bonds. The summed E-state index contributed by atoms with van der Waals surface area (Å²) in [5, 5.41) is 3.42. The maximum atomic E-state index is 5.22. The fourth-order valence-electron chi connectivity index (χ4n) is 2.27. The third kappa shape index (κ3) is 4.21. The lowest BCUT2D eigenvalue weighted by Crippen LogP contribution is -2.27. The molecule has 0 spiro atoms. The van der Waals surface area contributed by atoms with Gasteiger partial charge >= 0.3 is 0 Å². The maximum absolute atomic E-state index is 5.22. The summed E-state index contributed by atoms with van der Waals surface area (Å²) >= 11 is 3.47. The van der Waals surface area contributed by atoms with Gasteiger partial charge in [0.15, 0.2) is 0 Å². The third-order valence-corrected chi connectivity index (χ3v) is 4.46. The molecular weight excluding hydrogens is 342 g/mol. The standard InChI is InChI=1S/C17H22BrN3O/c1-12-15(18)9-10-17(20-12)19-11-16(21(2)3)13-5-7-14(22-4)8-6-13/h5-10,16H,11H2,1-4H3,(H,19,20). The molecule has 0 aliphatic rings. The number of aryl methyl sites for hydroxylation is 1. The predicted molar refractivity (Wildman–Crippen MR) is 94.6 cm³/mol. The Kier molecular flexibility index (Phi) is 5.80. The van der Waals surface area contributed by atoms with Gasteiger partial charge in [0.2, 0.25) is 0 Å². The Morgan fingerprint density at radius 1 is 1.18 bits per heavy atom. The smallest absolute Gasteiger partial charge is 0.126 e. The van der Waals surface area contributed by atoms with Gasteiger partial charge in [-0.15, -0.1) is 0 Å². The summed E-state index contributed by atoms with van der Waals surface area (Å²) in [5.74, 6) is 1.76. The Hall–Kier alpha value is -1.59. The van der Waals surface area contributed by atoms with Crippen molar-refractivity contribution in [3.05, 3.63) is 52.1 Å². The number of aromatic nitrogens is 1. The van der Waals surface area contributed by atoms with Crippen LogP contribution >= 0.6 is 15.9 Å². The maximum Gasteiger partial charge on any atom is 0.126 e. The monoisotopic (exact) mass is 363 g/mol. The first kappa shape index (κ1) is 16.8. The van der Waals surface area contributed by atoms with Crippen molar-refractivity contribution >= 4 is 21.7 Å². The van der Waals surface area contributed by atoms with E-state index < -0.39 is 0 Å². The van der Waals surface area contributed by atoms with Gasteiger partial charge in [-0.25, -0.2) is 4.98 Å². The van der Waals surface area contributed by atoms with Crippen molar-refractivity contribution in [2.45, 2.75) is 13.0 Å². The van der Waals surface area contributed by atoms with E-state index >= 15 is 0 Å². The number of pyridine rings is 1. The van der Waals surface area contributed by atoms with Crippen LogP contribution in [0.1, 0.15) is 17.3 Å². The van der Waals surface area contributed by atoms with E-state index in [9.17, 15) is 0 Å². The molecule has 2 rings (SSSR count). The molecule has 22 heavy (non-hydrogen) atoms. The number of ether oxygens (including phenoxy) is 1. The van der Waals surface area contributed by atoms with E-state index in [1.54, 1.807) is 7.11 Å². The van der Waals surface area contributed by atoms with Crippen molar-refractivity contribution in [2.75, 3.05) is 33.1 Å². The predicted octanol–water partition coefficient (Wildman–Crippen LogP) is 3.88. The SMILES string of the molecule is COc1ccc(C(CNc2ccc(Br)c(C)n2)N(C)C)cc1. The number of anilines is 1. The molecule has 1 unspecified atom stereocenters. The lowest BCUT2D eigenvalue weighted by atomic mass is 10.1. The Morgan fingerprint density at radius 2 is 1.86 bits per heavy atom. The third-order valence-electron chi connectivity index (χ3n) is 3.62. The summed E-state index contributed by atoms with van der Waals surface area (Å²) in [5.41, 5.74) is 2.22. The largest absolute Gasteiger partial charge is 0.497 e. The summed E-state index contributed by atoms with van der Waals surface area (Å²) in [7, 11) is 5.84. The summed E-state index contributed by atoms with van der Waals surface area (Å²) < 4.78 is 6.24. The molecule has 118 valence electrons. The minimum Gasteiger partial charge on any atom is -0.497 e. The number of nitrogens with one attached hydrogen (secondary N) is 1. The number of hydrogen-bond acceptors (Lipinski definition) is 4. The summed E-state index contributed by atoms with van der Waals surface area (Å²) in [6.07, 6.45) is 0. The molecule has 0 radical (unpaired) electrons. The second kappa shape index (κ2) is 7.61. The average Bonchev–Trinajstić information content (AvgIpc) is 2.51. The Labute approximate surface area is 140 Å². The number of likely N-dealkylation sites (N-methyl/N-ethyl adjacent to an activating group) is 1. The van der Waals surface area contributed by atoms with Crippen molar-refractivity contribution in [1.82, 2.24) is 9.88 Å². The Bertz CT molecular complexity index is 614. The Balaban J connectivity index is 2.09. The van der Waals surface area contributed by atoms with Crippen molar-refractivity contribution in [2.24, 2.45) is 0 Å². The van der Waals surface area contributed by atoms with Crippen molar-refractivity contribution < 1.29 is 4.74 Å². The quantitative estimate of drug-likeness (QED) is 0.844. The van der Waals surface area contributed by atoms with Crippen LogP contribution in [0.4, 0.5) is 5.82 Å². The molecule has 1 heterocycles. The van der Waals surface area contributed by atoms with E-state index in [1.807, 2.05) is 31.2 Å². The van der Waals surface area contributed by atoms with Gasteiger partial charge in [0, 0.05) is 11.0 Å². The molecule has 0 saturated carbocycles. The highest BCUT2D eigenvalue weighted by molar-refractivity contribution is 9.10. The van der Waals surface area contributed by atoms with Crippen LogP contribution in [-0.4, -0.2) is 37.6 Å². The first-order valence-corrected chi connectivity index (χ1v) is 7.98. The zero-order valence-electron chi connectivity index (χ0n) is 13.4. The highest BCUT2D eigenvalue weighted by atomic mass is 79.9. The molecule has 1 atom stereocenters. The second-order valence-corrected chi connectivity index (χ2v) is 6.25. The highest BCUT2D eigenvalue weighted by Gasteiger charge is 2.14. The van der Waals surface area contributed by atoms with Crippen molar-refractivity contribution in [3.8, 4) is 5.75 Å². The van der Waals surface area contributed by atoms with Crippen LogP contribution in [0.25, 0.3) is 0 Å². The first-order chi connectivity index (χ1) is 10.5. The van der Waals surface area contributed by atoms with E-state index in [1.165, 1.54) is 5.56 Å². The van der Waals surface area contributed by atoms with Gasteiger partial charge in [-0.05, 0) is 66.8 Å². The van der Waals surface area contributed by atoms with Gasteiger partial charge in [-0.1, -0.05) is 12.1 Å². The van der Waals surface area contributed by atoms with Crippen LogP contribution in [0.3, 0.4) is 0 Å². The van der Waals surface area contributed by atoms with Crippen LogP contribution in [0, 0.1) is 6.92 Å². The van der Waals surface area contributed by atoms with E-state index in [2.05, 4.69) is 57.4 Å². The Morgan fingerprint density at radius 3 is 2.41 bits per heavy atom. The summed E-state index contributed by atoms with van der Waals surface area (Å²) in [4.78, 5) is 6.72.